The minimum atomic E-state index is -0.159. The quantitative estimate of drug-likeness (QED) is 0.810. The Morgan fingerprint density at radius 3 is 3.00 bits per heavy atom. The predicted octanol–water partition coefficient (Wildman–Crippen LogP) is 0.0947. The van der Waals surface area contributed by atoms with Crippen molar-refractivity contribution in [3.05, 3.63) is 29.8 Å². The number of tetrazole rings is 1. The average Bonchev–Trinajstić information content (AvgIpc) is 2.64. The van der Waals surface area contributed by atoms with Gasteiger partial charge in [0.05, 0.1) is 6.42 Å². The third kappa shape index (κ3) is 2.83. The second kappa shape index (κ2) is 4.69. The van der Waals surface area contributed by atoms with Gasteiger partial charge in [-0.05, 0) is 29.5 Å². The molecule has 0 radical (unpaired) electrons. The predicted molar refractivity (Wildman–Crippen MR) is 60.1 cm³/mol. The van der Waals surface area contributed by atoms with Crippen LogP contribution in [0.2, 0.25) is 0 Å². The molecule has 0 aromatic carbocycles. The molecule has 17 heavy (non-hydrogen) atoms. The SMILES string of the molecule is Cc1cc(NC(=O)Cc2nnnn2C)ccn1. The summed E-state index contributed by atoms with van der Waals surface area (Å²) in [5, 5.41) is 13.6. The first-order chi connectivity index (χ1) is 8.15. The number of hydrogen-bond donors (Lipinski definition) is 1. The van der Waals surface area contributed by atoms with Gasteiger partial charge in [-0.1, -0.05) is 0 Å². The number of aromatic nitrogens is 5. The maximum Gasteiger partial charge on any atom is 0.232 e. The fourth-order valence-electron chi connectivity index (χ4n) is 1.37. The van der Waals surface area contributed by atoms with Crippen molar-refractivity contribution in [1.82, 2.24) is 25.2 Å². The summed E-state index contributed by atoms with van der Waals surface area (Å²) in [7, 11) is 1.69. The van der Waals surface area contributed by atoms with E-state index in [2.05, 4.69) is 25.8 Å². The molecule has 0 aliphatic heterocycles. The molecule has 2 aromatic rings. The molecule has 2 aromatic heterocycles. The Morgan fingerprint density at radius 2 is 2.35 bits per heavy atom. The molecule has 2 rings (SSSR count). The Hall–Kier alpha value is -2.31. The number of carbonyl (C=O) groups excluding carboxylic acids is 1. The molecule has 0 unspecified atom stereocenters. The maximum absolute atomic E-state index is 11.7. The fraction of sp³-hybridized carbons (Fsp3) is 0.300. The maximum atomic E-state index is 11.7. The highest BCUT2D eigenvalue weighted by Crippen LogP contribution is 2.07. The molecule has 0 bridgehead atoms. The first-order valence-corrected chi connectivity index (χ1v) is 5.09. The van der Waals surface area contributed by atoms with E-state index in [1.165, 1.54) is 4.68 Å². The molecule has 1 N–H and O–H groups in total. The molecular weight excluding hydrogens is 220 g/mol. The molecule has 7 nitrogen and oxygen atoms in total. The molecule has 7 heteroatoms. The van der Waals surface area contributed by atoms with E-state index in [0.29, 0.717) is 5.82 Å². The summed E-state index contributed by atoms with van der Waals surface area (Å²) in [4.78, 5) is 15.8. The zero-order chi connectivity index (χ0) is 12.3. The summed E-state index contributed by atoms with van der Waals surface area (Å²) in [6.07, 6.45) is 1.79. The molecule has 0 aliphatic carbocycles. The summed E-state index contributed by atoms with van der Waals surface area (Å²) in [6.45, 7) is 1.86. The van der Waals surface area contributed by atoms with Crippen LogP contribution in [0, 0.1) is 6.92 Å². The van der Waals surface area contributed by atoms with Gasteiger partial charge in [-0.3, -0.25) is 9.78 Å². The van der Waals surface area contributed by atoms with E-state index in [0.717, 1.165) is 11.4 Å². The van der Waals surface area contributed by atoms with Crippen molar-refractivity contribution in [1.29, 1.82) is 0 Å². The molecular formula is C10H12N6O. The number of anilines is 1. The zero-order valence-electron chi connectivity index (χ0n) is 9.58. The van der Waals surface area contributed by atoms with Gasteiger partial charge in [0, 0.05) is 24.6 Å². The first kappa shape index (κ1) is 11.2. The number of rotatable bonds is 3. The fourth-order valence-corrected chi connectivity index (χ4v) is 1.37. The van der Waals surface area contributed by atoms with Crippen molar-refractivity contribution in [2.45, 2.75) is 13.3 Å². The summed E-state index contributed by atoms with van der Waals surface area (Å²) in [6, 6.07) is 3.53. The number of carbonyl (C=O) groups is 1. The zero-order valence-corrected chi connectivity index (χ0v) is 9.58. The lowest BCUT2D eigenvalue weighted by molar-refractivity contribution is -0.115. The van der Waals surface area contributed by atoms with Crippen molar-refractivity contribution < 1.29 is 4.79 Å². The third-order valence-electron chi connectivity index (χ3n) is 2.21. The third-order valence-corrected chi connectivity index (χ3v) is 2.21. The van der Waals surface area contributed by atoms with Crippen LogP contribution in [0.4, 0.5) is 5.69 Å². The number of pyridine rings is 1. The van der Waals surface area contributed by atoms with E-state index in [9.17, 15) is 4.79 Å². The first-order valence-electron chi connectivity index (χ1n) is 5.09. The van der Waals surface area contributed by atoms with Gasteiger partial charge < -0.3 is 5.32 Å². The monoisotopic (exact) mass is 232 g/mol. The molecule has 1 amide bonds. The molecule has 0 spiro atoms. The normalized spacial score (nSPS) is 10.2. The summed E-state index contributed by atoms with van der Waals surface area (Å²) in [5.41, 5.74) is 1.57. The summed E-state index contributed by atoms with van der Waals surface area (Å²) in [5.74, 6) is 0.363. The number of nitrogens with one attached hydrogen (secondary N) is 1. The van der Waals surface area contributed by atoms with Gasteiger partial charge in [-0.2, -0.15) is 0 Å². The van der Waals surface area contributed by atoms with E-state index >= 15 is 0 Å². The Balaban J connectivity index is 2.01. The number of aryl methyl sites for hydroxylation is 2. The molecule has 88 valence electrons. The van der Waals surface area contributed by atoms with E-state index in [-0.39, 0.29) is 12.3 Å². The highest BCUT2D eigenvalue weighted by Gasteiger charge is 2.09. The average molecular weight is 232 g/mol. The van der Waals surface area contributed by atoms with Crippen LogP contribution in [0.3, 0.4) is 0 Å². The van der Waals surface area contributed by atoms with Crippen molar-refractivity contribution in [2.24, 2.45) is 7.05 Å². The molecule has 0 aliphatic rings. The molecule has 0 saturated carbocycles. The number of hydrogen-bond acceptors (Lipinski definition) is 5. The van der Waals surface area contributed by atoms with Crippen LogP contribution in [0.1, 0.15) is 11.5 Å². The van der Waals surface area contributed by atoms with Crippen LogP contribution in [0.25, 0.3) is 0 Å². The Kier molecular flexibility index (Phi) is 3.08. The van der Waals surface area contributed by atoms with Gasteiger partial charge in [-0.15, -0.1) is 5.10 Å². The molecule has 0 atom stereocenters. The summed E-state index contributed by atoms with van der Waals surface area (Å²) < 4.78 is 1.47. The lowest BCUT2D eigenvalue weighted by Crippen LogP contribution is -2.17. The van der Waals surface area contributed by atoms with Crippen LogP contribution in [0.5, 0.6) is 0 Å². The second-order valence-electron chi connectivity index (χ2n) is 3.63. The topological polar surface area (TPSA) is 85.6 Å². The lowest BCUT2D eigenvalue weighted by Gasteiger charge is -2.04. The van der Waals surface area contributed by atoms with E-state index in [4.69, 9.17) is 0 Å². The van der Waals surface area contributed by atoms with Crippen LogP contribution in [0.15, 0.2) is 18.3 Å². The van der Waals surface area contributed by atoms with Gasteiger partial charge in [-0.25, -0.2) is 4.68 Å². The van der Waals surface area contributed by atoms with Crippen LogP contribution >= 0.6 is 0 Å². The van der Waals surface area contributed by atoms with Crippen molar-refractivity contribution >= 4 is 11.6 Å². The van der Waals surface area contributed by atoms with Crippen LogP contribution < -0.4 is 5.32 Å². The standard InChI is InChI=1S/C10H12N6O/c1-7-5-8(3-4-11-7)12-10(17)6-9-13-14-15-16(9)2/h3-5H,6H2,1-2H3,(H,11,12,17). The Morgan fingerprint density at radius 1 is 1.53 bits per heavy atom. The van der Waals surface area contributed by atoms with Gasteiger partial charge in [0.25, 0.3) is 0 Å². The number of nitrogens with zero attached hydrogens (tertiary/aromatic N) is 5. The Labute approximate surface area is 97.9 Å². The van der Waals surface area contributed by atoms with Crippen molar-refractivity contribution in [2.75, 3.05) is 5.32 Å². The van der Waals surface area contributed by atoms with Gasteiger partial charge in [0.1, 0.15) is 0 Å². The van der Waals surface area contributed by atoms with Gasteiger partial charge >= 0.3 is 0 Å². The largest absolute Gasteiger partial charge is 0.326 e. The molecule has 0 saturated heterocycles. The van der Waals surface area contributed by atoms with Crippen molar-refractivity contribution in [3.8, 4) is 0 Å². The summed E-state index contributed by atoms with van der Waals surface area (Å²) >= 11 is 0. The van der Waals surface area contributed by atoms with E-state index < -0.39 is 0 Å². The van der Waals surface area contributed by atoms with Crippen LogP contribution in [-0.2, 0) is 18.3 Å². The van der Waals surface area contributed by atoms with Gasteiger partial charge in [0.15, 0.2) is 5.82 Å². The van der Waals surface area contributed by atoms with Gasteiger partial charge in [0.2, 0.25) is 5.91 Å². The highest BCUT2D eigenvalue weighted by molar-refractivity contribution is 5.91. The lowest BCUT2D eigenvalue weighted by atomic mass is 10.3. The van der Waals surface area contributed by atoms with Crippen molar-refractivity contribution in [3.63, 3.8) is 0 Å². The van der Waals surface area contributed by atoms with E-state index in [1.807, 2.05) is 6.92 Å². The minimum Gasteiger partial charge on any atom is -0.326 e. The van der Waals surface area contributed by atoms with E-state index in [1.54, 1.807) is 25.4 Å². The molecule has 2 heterocycles. The Bertz CT molecular complexity index is 535. The highest BCUT2D eigenvalue weighted by atomic mass is 16.1. The number of amides is 1. The molecule has 0 fully saturated rings. The minimum absolute atomic E-state index is 0.144. The van der Waals surface area contributed by atoms with Crippen LogP contribution in [-0.4, -0.2) is 31.1 Å². The second-order valence-corrected chi connectivity index (χ2v) is 3.63. The smallest absolute Gasteiger partial charge is 0.232 e.